The van der Waals surface area contributed by atoms with Crippen LogP contribution in [0, 0.1) is 0 Å². The standard InChI is InChI=1S/C25H26N2O6S/c1-3-27(17-18-7-5-4-6-8-18)34(29,30)24-15-19(9-11-22(24)31-2)25(28)26-20-10-12-21-23(16-20)33-14-13-32-21/h4-12,15-16H,3,13-14,17H2,1-2H3,(H,26,28). The SMILES string of the molecule is CCN(Cc1ccccc1)S(=O)(=O)c1cc(C(=O)Nc2ccc3c(c2)OCCO3)ccc1OC. The van der Waals surface area contributed by atoms with Crippen LogP contribution in [0.1, 0.15) is 22.8 Å². The lowest BCUT2D eigenvalue weighted by molar-refractivity contribution is 0.102. The van der Waals surface area contributed by atoms with E-state index in [0.29, 0.717) is 30.4 Å². The topological polar surface area (TPSA) is 94.2 Å². The van der Waals surface area contributed by atoms with E-state index in [2.05, 4.69) is 5.32 Å². The van der Waals surface area contributed by atoms with Crippen molar-refractivity contribution in [3.8, 4) is 17.2 Å². The third-order valence-electron chi connectivity index (χ3n) is 5.40. The highest BCUT2D eigenvalue weighted by Crippen LogP contribution is 2.33. The molecule has 0 bridgehead atoms. The summed E-state index contributed by atoms with van der Waals surface area (Å²) >= 11 is 0. The zero-order chi connectivity index (χ0) is 24.1. The van der Waals surface area contributed by atoms with Crippen molar-refractivity contribution in [2.24, 2.45) is 0 Å². The number of carbonyl (C=O) groups is 1. The van der Waals surface area contributed by atoms with Gasteiger partial charge in [-0.2, -0.15) is 4.31 Å². The van der Waals surface area contributed by atoms with Gasteiger partial charge >= 0.3 is 0 Å². The number of anilines is 1. The summed E-state index contributed by atoms with van der Waals surface area (Å²) in [4.78, 5) is 12.9. The molecule has 4 rings (SSSR count). The molecule has 0 spiro atoms. The summed E-state index contributed by atoms with van der Waals surface area (Å²) in [7, 11) is -2.54. The van der Waals surface area contributed by atoms with E-state index < -0.39 is 15.9 Å². The Morgan fingerprint density at radius 1 is 1.00 bits per heavy atom. The Morgan fingerprint density at radius 3 is 2.44 bits per heavy atom. The van der Waals surface area contributed by atoms with Gasteiger partial charge in [-0.25, -0.2) is 8.42 Å². The number of methoxy groups -OCH3 is 1. The number of sulfonamides is 1. The Balaban J connectivity index is 1.61. The third kappa shape index (κ3) is 5.00. The van der Waals surface area contributed by atoms with Gasteiger partial charge in [0.1, 0.15) is 23.9 Å². The zero-order valence-corrected chi connectivity index (χ0v) is 19.8. The van der Waals surface area contributed by atoms with Gasteiger partial charge in [0.15, 0.2) is 11.5 Å². The summed E-state index contributed by atoms with van der Waals surface area (Å²) in [6.45, 7) is 3.14. The van der Waals surface area contributed by atoms with Crippen LogP contribution in [0.25, 0.3) is 0 Å². The highest BCUT2D eigenvalue weighted by atomic mass is 32.2. The van der Waals surface area contributed by atoms with Crippen molar-refractivity contribution in [3.63, 3.8) is 0 Å². The van der Waals surface area contributed by atoms with Crippen molar-refractivity contribution in [1.82, 2.24) is 4.31 Å². The average molecular weight is 483 g/mol. The van der Waals surface area contributed by atoms with Crippen LogP contribution in [0.15, 0.2) is 71.6 Å². The summed E-state index contributed by atoms with van der Waals surface area (Å²) in [5.41, 5.74) is 1.55. The molecule has 1 aliphatic rings. The lowest BCUT2D eigenvalue weighted by atomic mass is 10.2. The Labute approximate surface area is 199 Å². The number of amides is 1. The summed E-state index contributed by atoms with van der Waals surface area (Å²) < 4.78 is 44.8. The van der Waals surface area contributed by atoms with Gasteiger partial charge in [-0.1, -0.05) is 37.3 Å². The van der Waals surface area contributed by atoms with Gasteiger partial charge in [0, 0.05) is 30.4 Å². The van der Waals surface area contributed by atoms with Crippen LogP contribution in [0.5, 0.6) is 17.2 Å². The van der Waals surface area contributed by atoms with Crippen LogP contribution >= 0.6 is 0 Å². The Kier molecular flexibility index (Phi) is 7.04. The number of nitrogens with one attached hydrogen (secondary N) is 1. The average Bonchev–Trinajstić information content (AvgIpc) is 2.87. The van der Waals surface area contributed by atoms with Gasteiger partial charge in [-0.3, -0.25) is 4.79 Å². The molecule has 0 fully saturated rings. The van der Waals surface area contributed by atoms with Crippen LogP contribution < -0.4 is 19.5 Å². The number of ether oxygens (including phenoxy) is 3. The van der Waals surface area contributed by atoms with Crippen LogP contribution in [-0.4, -0.2) is 45.5 Å². The normalized spacial score (nSPS) is 12.9. The van der Waals surface area contributed by atoms with E-state index in [1.807, 2.05) is 30.3 Å². The molecule has 178 valence electrons. The number of rotatable bonds is 8. The van der Waals surface area contributed by atoms with Crippen molar-refractivity contribution in [1.29, 1.82) is 0 Å². The summed E-state index contributed by atoms with van der Waals surface area (Å²) in [5, 5.41) is 2.78. The fourth-order valence-corrected chi connectivity index (χ4v) is 5.26. The molecule has 0 radical (unpaired) electrons. The van der Waals surface area contributed by atoms with Gasteiger partial charge < -0.3 is 19.5 Å². The lowest BCUT2D eigenvalue weighted by Gasteiger charge is -2.22. The predicted octanol–water partition coefficient (Wildman–Crippen LogP) is 3.93. The second-order valence-corrected chi connectivity index (χ2v) is 9.50. The zero-order valence-electron chi connectivity index (χ0n) is 19.0. The summed E-state index contributed by atoms with van der Waals surface area (Å²) in [6.07, 6.45) is 0. The van der Waals surface area contributed by atoms with Crippen molar-refractivity contribution in [3.05, 3.63) is 77.9 Å². The number of fused-ring (bicyclic) bond motifs is 1. The smallest absolute Gasteiger partial charge is 0.255 e. The Morgan fingerprint density at radius 2 is 1.74 bits per heavy atom. The maximum Gasteiger partial charge on any atom is 0.255 e. The maximum atomic E-state index is 13.5. The van der Waals surface area contributed by atoms with Crippen molar-refractivity contribution in [2.75, 3.05) is 32.2 Å². The van der Waals surface area contributed by atoms with Crippen molar-refractivity contribution >= 4 is 21.6 Å². The molecular formula is C25H26N2O6S. The lowest BCUT2D eigenvalue weighted by Crippen LogP contribution is -2.31. The van der Waals surface area contributed by atoms with E-state index in [1.165, 1.54) is 29.6 Å². The molecule has 3 aromatic rings. The second kappa shape index (κ2) is 10.1. The first-order valence-electron chi connectivity index (χ1n) is 10.9. The molecule has 9 heteroatoms. The van der Waals surface area contributed by atoms with E-state index in [4.69, 9.17) is 14.2 Å². The molecule has 0 saturated carbocycles. The van der Waals surface area contributed by atoms with Crippen molar-refractivity contribution < 1.29 is 27.4 Å². The quantitative estimate of drug-likeness (QED) is 0.523. The monoisotopic (exact) mass is 482 g/mol. The molecule has 34 heavy (non-hydrogen) atoms. The molecule has 0 atom stereocenters. The van der Waals surface area contributed by atoms with Gasteiger partial charge in [0.25, 0.3) is 5.91 Å². The first kappa shape index (κ1) is 23.6. The fourth-order valence-electron chi connectivity index (χ4n) is 3.64. The van der Waals surface area contributed by atoms with Crippen LogP contribution in [0.3, 0.4) is 0 Å². The number of nitrogens with zero attached hydrogens (tertiary/aromatic N) is 1. The van der Waals surface area contributed by atoms with Gasteiger partial charge in [-0.05, 0) is 35.9 Å². The molecule has 1 N–H and O–H groups in total. The number of carbonyl (C=O) groups excluding carboxylic acids is 1. The minimum Gasteiger partial charge on any atom is -0.495 e. The van der Waals surface area contributed by atoms with Gasteiger partial charge in [-0.15, -0.1) is 0 Å². The molecule has 1 amide bonds. The maximum absolute atomic E-state index is 13.5. The Bertz CT molecular complexity index is 1280. The third-order valence-corrected chi connectivity index (χ3v) is 7.34. The molecule has 1 heterocycles. The first-order valence-corrected chi connectivity index (χ1v) is 12.3. The molecule has 1 aliphatic heterocycles. The molecule has 0 aromatic heterocycles. The highest BCUT2D eigenvalue weighted by Gasteiger charge is 2.28. The summed E-state index contributed by atoms with van der Waals surface area (Å²) in [5.74, 6) is 0.867. The van der Waals surface area contributed by atoms with E-state index in [1.54, 1.807) is 25.1 Å². The van der Waals surface area contributed by atoms with E-state index >= 15 is 0 Å². The minimum atomic E-state index is -3.94. The Hall–Kier alpha value is -3.56. The molecular weight excluding hydrogens is 456 g/mol. The molecule has 0 saturated heterocycles. The molecule has 0 unspecified atom stereocenters. The second-order valence-electron chi connectivity index (χ2n) is 7.60. The largest absolute Gasteiger partial charge is 0.495 e. The van der Waals surface area contributed by atoms with Crippen LogP contribution in [-0.2, 0) is 16.6 Å². The van der Waals surface area contributed by atoms with Crippen LogP contribution in [0.2, 0.25) is 0 Å². The molecule has 3 aromatic carbocycles. The molecule has 0 aliphatic carbocycles. The number of hydrogen-bond donors (Lipinski definition) is 1. The minimum absolute atomic E-state index is 0.0670. The fraction of sp³-hybridized carbons (Fsp3) is 0.240. The summed E-state index contributed by atoms with van der Waals surface area (Å²) in [6, 6.07) is 18.8. The van der Waals surface area contributed by atoms with Crippen LogP contribution in [0.4, 0.5) is 5.69 Å². The highest BCUT2D eigenvalue weighted by molar-refractivity contribution is 7.89. The number of benzene rings is 3. The van der Waals surface area contributed by atoms with Crippen molar-refractivity contribution in [2.45, 2.75) is 18.4 Å². The molecule has 8 nitrogen and oxygen atoms in total. The van der Waals surface area contributed by atoms with Gasteiger partial charge in [0.2, 0.25) is 10.0 Å². The van der Waals surface area contributed by atoms with E-state index in [0.717, 1.165) is 5.56 Å². The van der Waals surface area contributed by atoms with E-state index in [-0.39, 0.29) is 29.3 Å². The van der Waals surface area contributed by atoms with Gasteiger partial charge in [0.05, 0.1) is 7.11 Å². The number of hydrogen-bond acceptors (Lipinski definition) is 6. The predicted molar refractivity (Wildman–Crippen MR) is 128 cm³/mol. The van der Waals surface area contributed by atoms with E-state index in [9.17, 15) is 13.2 Å². The first-order chi connectivity index (χ1) is 16.4.